The van der Waals surface area contributed by atoms with Gasteiger partial charge in [-0.1, -0.05) is 164 Å². The lowest BCUT2D eigenvalue weighted by Crippen LogP contribution is -2.13. The van der Waals surface area contributed by atoms with Gasteiger partial charge < -0.3 is 9.80 Å². The standard InChI is InChI=1S/C54H50N2/c1-7-45-17-11-13-41(5)53(45)55(49-31-19-39(3)20-32-49)51-35-25-43(26-36-51)23-29-47-15-9-10-16-48(47)30-24-44-27-37-52(38-28-44)56(50-33-21-40(4)22-34-50)54-42(6)14-12-18-46(54)8-2/h7,9-38H,1,8H2,2-6H3. The van der Waals surface area contributed by atoms with E-state index in [0.29, 0.717) is 0 Å². The molecule has 0 aromatic heterocycles. The van der Waals surface area contributed by atoms with Gasteiger partial charge in [0.15, 0.2) is 0 Å². The van der Waals surface area contributed by atoms with Gasteiger partial charge >= 0.3 is 0 Å². The Hall–Kier alpha value is -6.64. The van der Waals surface area contributed by atoms with Gasteiger partial charge in [0.25, 0.3) is 0 Å². The van der Waals surface area contributed by atoms with Crippen molar-refractivity contribution in [2.45, 2.75) is 41.0 Å². The first kappa shape index (κ1) is 37.7. The van der Waals surface area contributed by atoms with Crippen LogP contribution in [0.5, 0.6) is 0 Å². The maximum absolute atomic E-state index is 4.12. The van der Waals surface area contributed by atoms with E-state index in [2.05, 4.69) is 233 Å². The minimum absolute atomic E-state index is 0.969. The fourth-order valence-electron chi connectivity index (χ4n) is 7.33. The maximum atomic E-state index is 4.12. The van der Waals surface area contributed by atoms with Crippen molar-refractivity contribution in [2.24, 2.45) is 0 Å². The Balaban J connectivity index is 1.13. The summed E-state index contributed by atoms with van der Waals surface area (Å²) in [5, 5.41) is 0. The van der Waals surface area contributed by atoms with Gasteiger partial charge in [0, 0.05) is 22.7 Å². The van der Waals surface area contributed by atoms with Crippen LogP contribution in [0.2, 0.25) is 0 Å². The second kappa shape index (κ2) is 17.2. The van der Waals surface area contributed by atoms with Crippen molar-refractivity contribution in [3.63, 3.8) is 0 Å². The molecule has 0 amide bonds. The van der Waals surface area contributed by atoms with E-state index in [0.717, 1.165) is 51.5 Å². The Morgan fingerprint density at radius 1 is 0.411 bits per heavy atom. The minimum Gasteiger partial charge on any atom is -0.310 e. The Kier molecular flexibility index (Phi) is 11.6. The van der Waals surface area contributed by atoms with Crippen molar-refractivity contribution >= 4 is 64.5 Å². The van der Waals surface area contributed by atoms with Crippen LogP contribution >= 0.6 is 0 Å². The molecule has 7 aromatic carbocycles. The molecule has 0 radical (unpaired) electrons. The smallest absolute Gasteiger partial charge is 0.0562 e. The second-order valence-corrected chi connectivity index (χ2v) is 14.5. The van der Waals surface area contributed by atoms with Crippen LogP contribution in [0.15, 0.2) is 164 Å². The molecule has 2 heteroatoms. The van der Waals surface area contributed by atoms with E-state index in [-0.39, 0.29) is 0 Å². The summed E-state index contributed by atoms with van der Waals surface area (Å²) < 4.78 is 0. The average molecular weight is 727 g/mol. The van der Waals surface area contributed by atoms with Crippen LogP contribution in [-0.2, 0) is 6.42 Å². The first-order valence-electron chi connectivity index (χ1n) is 19.5. The zero-order valence-corrected chi connectivity index (χ0v) is 33.2. The third-order valence-electron chi connectivity index (χ3n) is 10.4. The van der Waals surface area contributed by atoms with Gasteiger partial charge in [-0.15, -0.1) is 0 Å². The highest BCUT2D eigenvalue weighted by Crippen LogP contribution is 2.41. The van der Waals surface area contributed by atoms with Gasteiger partial charge in [-0.3, -0.25) is 0 Å². The van der Waals surface area contributed by atoms with Crippen molar-refractivity contribution in [3.05, 3.63) is 220 Å². The normalized spacial score (nSPS) is 11.3. The lowest BCUT2D eigenvalue weighted by molar-refractivity contribution is 1.10. The molecule has 0 aliphatic heterocycles. The summed E-state index contributed by atoms with van der Waals surface area (Å²) in [5.74, 6) is 0. The van der Waals surface area contributed by atoms with Crippen LogP contribution in [0.25, 0.3) is 30.4 Å². The molecule has 56 heavy (non-hydrogen) atoms. The third-order valence-corrected chi connectivity index (χ3v) is 10.4. The summed E-state index contributed by atoms with van der Waals surface area (Å²) in [6.07, 6.45) is 11.7. The first-order chi connectivity index (χ1) is 27.3. The highest BCUT2D eigenvalue weighted by atomic mass is 15.2. The van der Waals surface area contributed by atoms with Crippen molar-refractivity contribution in [1.82, 2.24) is 0 Å². The summed E-state index contributed by atoms with van der Waals surface area (Å²) in [4.78, 5) is 4.73. The van der Waals surface area contributed by atoms with E-state index in [1.807, 2.05) is 6.08 Å². The van der Waals surface area contributed by atoms with Gasteiger partial charge in [-0.05, 0) is 127 Å². The van der Waals surface area contributed by atoms with Gasteiger partial charge in [0.2, 0.25) is 0 Å². The fourth-order valence-corrected chi connectivity index (χ4v) is 7.33. The van der Waals surface area contributed by atoms with E-state index >= 15 is 0 Å². The molecule has 276 valence electrons. The van der Waals surface area contributed by atoms with Crippen molar-refractivity contribution in [1.29, 1.82) is 0 Å². The summed E-state index contributed by atoms with van der Waals surface area (Å²) in [6.45, 7) is 15.0. The number of para-hydroxylation sites is 2. The Morgan fingerprint density at radius 2 is 0.804 bits per heavy atom. The van der Waals surface area contributed by atoms with Crippen molar-refractivity contribution in [2.75, 3.05) is 9.80 Å². The van der Waals surface area contributed by atoms with Crippen molar-refractivity contribution in [3.8, 4) is 0 Å². The molecule has 0 aliphatic rings. The number of nitrogens with zero attached hydrogens (tertiary/aromatic N) is 2. The number of benzene rings is 7. The molecule has 0 unspecified atom stereocenters. The molecule has 0 heterocycles. The summed E-state index contributed by atoms with van der Waals surface area (Å²) >= 11 is 0. The highest BCUT2D eigenvalue weighted by Gasteiger charge is 2.19. The molecule has 0 fully saturated rings. The minimum atomic E-state index is 0.969. The molecule has 7 aromatic rings. The molecule has 7 rings (SSSR count). The zero-order valence-electron chi connectivity index (χ0n) is 33.2. The predicted octanol–water partition coefficient (Wildman–Crippen LogP) is 15.4. The lowest BCUT2D eigenvalue weighted by atomic mass is 10.0. The topological polar surface area (TPSA) is 6.48 Å². The number of rotatable bonds is 12. The van der Waals surface area contributed by atoms with Crippen LogP contribution in [0.3, 0.4) is 0 Å². The molecule has 0 spiro atoms. The van der Waals surface area contributed by atoms with Crippen LogP contribution in [0, 0.1) is 27.7 Å². The molecular formula is C54H50N2. The lowest BCUT2D eigenvalue weighted by Gasteiger charge is -2.29. The van der Waals surface area contributed by atoms with Crippen LogP contribution in [0.4, 0.5) is 34.1 Å². The van der Waals surface area contributed by atoms with E-state index in [1.165, 1.54) is 44.6 Å². The molecule has 0 bridgehead atoms. The number of aryl methyl sites for hydroxylation is 5. The van der Waals surface area contributed by atoms with Gasteiger partial charge in [0.05, 0.1) is 11.4 Å². The van der Waals surface area contributed by atoms with E-state index in [9.17, 15) is 0 Å². The van der Waals surface area contributed by atoms with Crippen LogP contribution in [-0.4, -0.2) is 0 Å². The summed E-state index contributed by atoms with van der Waals surface area (Å²) in [6, 6.07) is 56.8. The zero-order chi connectivity index (χ0) is 39.0. The predicted molar refractivity (Wildman–Crippen MR) is 245 cm³/mol. The van der Waals surface area contributed by atoms with Gasteiger partial charge in [-0.2, -0.15) is 0 Å². The fraction of sp³-hybridized carbons (Fsp3) is 0.111. The molecule has 0 N–H and O–H groups in total. The average Bonchev–Trinajstić information content (AvgIpc) is 3.23. The molecule has 0 saturated heterocycles. The van der Waals surface area contributed by atoms with Crippen molar-refractivity contribution < 1.29 is 0 Å². The Bertz CT molecular complexity index is 2480. The Labute approximate surface area is 334 Å². The maximum Gasteiger partial charge on any atom is 0.0562 e. The number of hydrogen-bond acceptors (Lipinski definition) is 2. The SMILES string of the molecule is C=Cc1cccc(C)c1N(c1ccc(C)cc1)c1ccc(C=Cc2ccccc2C=Cc2ccc(N(c3ccc(C)cc3)c3c(C)cccc3CC)cc2)cc1. The molecule has 2 nitrogen and oxygen atoms in total. The third kappa shape index (κ3) is 8.36. The monoisotopic (exact) mass is 726 g/mol. The van der Waals surface area contributed by atoms with E-state index in [1.54, 1.807) is 0 Å². The largest absolute Gasteiger partial charge is 0.310 e. The molecular weight excluding hydrogens is 677 g/mol. The van der Waals surface area contributed by atoms with E-state index in [4.69, 9.17) is 0 Å². The first-order valence-corrected chi connectivity index (χ1v) is 19.5. The van der Waals surface area contributed by atoms with Crippen LogP contribution < -0.4 is 9.80 Å². The summed E-state index contributed by atoms with van der Waals surface area (Å²) in [7, 11) is 0. The Morgan fingerprint density at radius 3 is 1.25 bits per heavy atom. The molecule has 0 aliphatic carbocycles. The quantitative estimate of drug-likeness (QED) is 0.116. The second-order valence-electron chi connectivity index (χ2n) is 14.5. The highest BCUT2D eigenvalue weighted by molar-refractivity contribution is 5.86. The molecule has 0 saturated carbocycles. The number of anilines is 6. The van der Waals surface area contributed by atoms with Gasteiger partial charge in [-0.25, -0.2) is 0 Å². The molecule has 0 atom stereocenters. The van der Waals surface area contributed by atoms with Crippen LogP contribution in [0.1, 0.15) is 62.6 Å². The van der Waals surface area contributed by atoms with E-state index < -0.39 is 0 Å². The summed E-state index contributed by atoms with van der Waals surface area (Å²) in [5.41, 5.74) is 18.9. The van der Waals surface area contributed by atoms with Gasteiger partial charge in [0.1, 0.15) is 0 Å². The number of hydrogen-bond donors (Lipinski definition) is 0.